The first-order chi connectivity index (χ1) is 15.1. The highest BCUT2D eigenvalue weighted by Crippen LogP contribution is 2.20. The number of rotatable bonds is 6. The molecule has 2 saturated heterocycles. The maximum atomic E-state index is 13.3. The van der Waals surface area contributed by atoms with Crippen molar-refractivity contribution in [2.24, 2.45) is 0 Å². The van der Waals surface area contributed by atoms with Crippen LogP contribution >= 0.6 is 0 Å². The molecule has 3 N–H and O–H groups in total. The molecule has 1 aromatic carbocycles. The van der Waals surface area contributed by atoms with Crippen LogP contribution in [0.5, 0.6) is 0 Å². The lowest BCUT2D eigenvalue weighted by Gasteiger charge is -2.36. The number of hydrogen-bond acceptors (Lipinski definition) is 5. The van der Waals surface area contributed by atoms with Crippen LogP contribution in [-0.4, -0.2) is 71.1 Å². The molecule has 3 aromatic rings. The van der Waals surface area contributed by atoms with Gasteiger partial charge in [-0.2, -0.15) is 0 Å². The van der Waals surface area contributed by atoms with Gasteiger partial charge in [-0.3, -0.25) is 4.79 Å². The van der Waals surface area contributed by atoms with Crippen molar-refractivity contribution in [1.29, 1.82) is 0 Å². The fraction of sp³-hybridized carbons (Fsp3) is 0.545. The summed E-state index contributed by atoms with van der Waals surface area (Å²) < 4.78 is 7.06. The van der Waals surface area contributed by atoms with Gasteiger partial charge in [0, 0.05) is 25.5 Å². The second-order valence-electron chi connectivity index (χ2n) is 8.94. The maximum Gasteiger partial charge on any atom is 0.258 e. The zero-order valence-corrected chi connectivity index (χ0v) is 18.2. The van der Waals surface area contributed by atoms with Gasteiger partial charge < -0.3 is 19.5 Å². The summed E-state index contributed by atoms with van der Waals surface area (Å²) in [7, 11) is 1.67. The number of tetrazole rings is 1. The second-order valence-corrected chi connectivity index (χ2v) is 8.94. The predicted octanol–water partition coefficient (Wildman–Crippen LogP) is -1.50. The van der Waals surface area contributed by atoms with E-state index in [9.17, 15) is 4.79 Å². The number of quaternary nitrogens is 2. The van der Waals surface area contributed by atoms with Gasteiger partial charge in [0.05, 0.1) is 25.3 Å². The average Bonchev–Trinajstić information content (AvgIpc) is 3.42. The van der Waals surface area contributed by atoms with E-state index < -0.39 is 0 Å². The van der Waals surface area contributed by atoms with Crippen LogP contribution in [0.15, 0.2) is 29.1 Å². The van der Waals surface area contributed by atoms with Crippen molar-refractivity contribution in [2.45, 2.75) is 38.4 Å². The summed E-state index contributed by atoms with van der Waals surface area (Å²) in [5.74, 6) is 0.742. The number of pyridine rings is 1. The lowest BCUT2D eigenvalue weighted by Crippen LogP contribution is -3.29. The number of piperazine rings is 1. The lowest BCUT2D eigenvalue weighted by atomic mass is 10.0. The standard InChI is InChI=1S/C22H29N7O2/c1-15-5-6-19-16(12-15)13-18(22(30)23-19)20(21-24-25-26-29(21)10-11-31-2)28-9-8-27-7-3-4-17(27)14-28/h5-6,12-13,17,20H,3-4,7-11,14H2,1-2H3,(H,23,30)/p+2/t17-,20-/m1/s1. The van der Waals surface area contributed by atoms with Gasteiger partial charge in [0.2, 0.25) is 5.82 Å². The Balaban J connectivity index is 1.60. The van der Waals surface area contributed by atoms with Crippen molar-refractivity contribution < 1.29 is 14.5 Å². The molecule has 0 radical (unpaired) electrons. The molecule has 31 heavy (non-hydrogen) atoms. The van der Waals surface area contributed by atoms with Crippen LogP contribution in [0.4, 0.5) is 0 Å². The Bertz CT molecular complexity index is 1120. The van der Waals surface area contributed by atoms with Crippen molar-refractivity contribution in [3.05, 3.63) is 51.6 Å². The van der Waals surface area contributed by atoms with E-state index >= 15 is 0 Å². The largest absolute Gasteiger partial charge is 0.383 e. The van der Waals surface area contributed by atoms with Crippen LogP contribution < -0.4 is 15.4 Å². The highest BCUT2D eigenvalue weighted by molar-refractivity contribution is 5.79. The molecule has 0 spiro atoms. The van der Waals surface area contributed by atoms with Gasteiger partial charge in [-0.15, -0.1) is 5.10 Å². The van der Waals surface area contributed by atoms with E-state index in [0.29, 0.717) is 19.2 Å². The molecule has 0 saturated carbocycles. The molecule has 9 nitrogen and oxygen atoms in total. The third-order valence-electron chi connectivity index (χ3n) is 6.98. The van der Waals surface area contributed by atoms with E-state index in [-0.39, 0.29) is 11.6 Å². The number of aromatic amines is 1. The summed E-state index contributed by atoms with van der Waals surface area (Å²) in [6.45, 7) is 7.58. The van der Waals surface area contributed by atoms with Crippen molar-refractivity contribution in [1.82, 2.24) is 25.2 Å². The Labute approximate surface area is 181 Å². The van der Waals surface area contributed by atoms with Gasteiger partial charge in [-0.1, -0.05) is 11.6 Å². The highest BCUT2D eigenvalue weighted by Gasteiger charge is 2.43. The first-order valence-corrected chi connectivity index (χ1v) is 11.2. The molecular formula is C22H31N7O2+2. The van der Waals surface area contributed by atoms with Gasteiger partial charge in [0.1, 0.15) is 25.7 Å². The quantitative estimate of drug-likeness (QED) is 0.447. The molecule has 9 heteroatoms. The average molecular weight is 426 g/mol. The summed E-state index contributed by atoms with van der Waals surface area (Å²) in [6.07, 6.45) is 2.55. The van der Waals surface area contributed by atoms with Gasteiger partial charge in [0.25, 0.3) is 5.56 Å². The molecule has 2 aliphatic heterocycles. The molecule has 2 unspecified atom stereocenters. The molecule has 5 rings (SSSR count). The van der Waals surface area contributed by atoms with Crippen LogP contribution in [-0.2, 0) is 11.3 Å². The van der Waals surface area contributed by atoms with Gasteiger partial charge in [-0.05, 0) is 40.9 Å². The Morgan fingerprint density at radius 1 is 1.29 bits per heavy atom. The fourth-order valence-corrected chi connectivity index (χ4v) is 5.42. The van der Waals surface area contributed by atoms with E-state index in [0.717, 1.165) is 41.9 Å². The van der Waals surface area contributed by atoms with Gasteiger partial charge in [0.15, 0.2) is 6.04 Å². The summed E-state index contributed by atoms with van der Waals surface area (Å²) in [6, 6.07) is 8.60. The summed E-state index contributed by atoms with van der Waals surface area (Å²) in [5.41, 5.74) is 2.71. The molecule has 2 aromatic heterocycles. The first kappa shape index (κ1) is 20.3. The van der Waals surface area contributed by atoms with Crippen molar-refractivity contribution in [3.8, 4) is 0 Å². The SMILES string of the molecule is COCCn1nnnc1[C@@H](c1cc2cc(C)ccc2[nH]c1=O)[NH+]1CC[NH+]2CCC[C@@H]2C1. The third-order valence-corrected chi connectivity index (χ3v) is 6.98. The number of H-pyrrole nitrogens is 1. The second kappa shape index (κ2) is 8.49. The molecule has 4 heterocycles. The summed E-state index contributed by atoms with van der Waals surface area (Å²) in [4.78, 5) is 19.5. The Kier molecular flexibility index (Phi) is 5.56. The molecule has 2 aliphatic rings. The minimum Gasteiger partial charge on any atom is -0.383 e. The molecule has 164 valence electrons. The van der Waals surface area contributed by atoms with E-state index in [2.05, 4.69) is 33.5 Å². The Morgan fingerprint density at radius 3 is 3.06 bits per heavy atom. The number of aromatic nitrogens is 5. The van der Waals surface area contributed by atoms with Crippen LogP contribution in [0.2, 0.25) is 0 Å². The first-order valence-electron chi connectivity index (χ1n) is 11.2. The minimum absolute atomic E-state index is 0.0589. The Morgan fingerprint density at radius 2 is 2.19 bits per heavy atom. The topological polar surface area (TPSA) is 94.6 Å². The zero-order valence-electron chi connectivity index (χ0n) is 18.2. The number of hydrogen-bond donors (Lipinski definition) is 3. The van der Waals surface area contributed by atoms with Crippen LogP contribution in [0.25, 0.3) is 10.9 Å². The van der Waals surface area contributed by atoms with Crippen LogP contribution in [0.3, 0.4) is 0 Å². The number of ether oxygens (including phenoxy) is 1. The van der Waals surface area contributed by atoms with E-state index in [1.165, 1.54) is 29.8 Å². The van der Waals surface area contributed by atoms with E-state index in [1.54, 1.807) is 16.7 Å². The van der Waals surface area contributed by atoms with Crippen molar-refractivity contribution >= 4 is 10.9 Å². The number of aryl methyl sites for hydroxylation is 1. The molecular weight excluding hydrogens is 394 g/mol. The number of nitrogens with one attached hydrogen (secondary N) is 3. The fourth-order valence-electron chi connectivity index (χ4n) is 5.42. The smallest absolute Gasteiger partial charge is 0.258 e. The number of methoxy groups -OCH3 is 1. The van der Waals surface area contributed by atoms with Crippen molar-refractivity contribution in [3.63, 3.8) is 0 Å². The molecule has 0 aliphatic carbocycles. The summed E-state index contributed by atoms with van der Waals surface area (Å²) in [5, 5.41) is 13.6. The van der Waals surface area contributed by atoms with E-state index in [4.69, 9.17) is 4.74 Å². The van der Waals surface area contributed by atoms with Gasteiger partial charge >= 0.3 is 0 Å². The number of fused-ring (bicyclic) bond motifs is 2. The third kappa shape index (κ3) is 3.88. The summed E-state index contributed by atoms with van der Waals surface area (Å²) >= 11 is 0. The van der Waals surface area contributed by atoms with Crippen molar-refractivity contribution in [2.75, 3.05) is 39.9 Å². The number of nitrogens with zero attached hydrogens (tertiary/aromatic N) is 4. The van der Waals surface area contributed by atoms with Gasteiger partial charge in [-0.25, -0.2) is 4.68 Å². The molecule has 4 atom stereocenters. The zero-order chi connectivity index (χ0) is 21.4. The maximum absolute atomic E-state index is 13.3. The highest BCUT2D eigenvalue weighted by atomic mass is 16.5. The van der Waals surface area contributed by atoms with E-state index in [1.807, 2.05) is 18.2 Å². The van der Waals surface area contributed by atoms with Crippen LogP contribution in [0, 0.1) is 6.92 Å². The minimum atomic E-state index is -0.206. The number of benzene rings is 1. The normalized spacial score (nSPS) is 24.4. The lowest BCUT2D eigenvalue weighted by molar-refractivity contribution is -1.03. The van der Waals surface area contributed by atoms with Crippen LogP contribution in [0.1, 0.15) is 35.8 Å². The monoisotopic (exact) mass is 425 g/mol. The Hall–Kier alpha value is -2.62. The molecule has 0 bridgehead atoms. The molecule has 2 fully saturated rings. The molecule has 0 amide bonds. The predicted molar refractivity (Wildman–Crippen MR) is 115 cm³/mol.